The second kappa shape index (κ2) is 8.02. The molecule has 3 heteroatoms. The van der Waals surface area contributed by atoms with E-state index < -0.39 is 29.4 Å². The molecule has 0 saturated carbocycles. The van der Waals surface area contributed by atoms with Gasteiger partial charge < -0.3 is 4.42 Å². The summed E-state index contributed by atoms with van der Waals surface area (Å²) in [7, 11) is 1.97. The van der Waals surface area contributed by atoms with E-state index in [9.17, 15) is 5.48 Å². The van der Waals surface area contributed by atoms with Gasteiger partial charge in [0.25, 0.3) is 0 Å². The predicted molar refractivity (Wildman–Crippen MR) is 150 cm³/mol. The molecule has 6 rings (SSSR count). The van der Waals surface area contributed by atoms with Gasteiger partial charge in [-0.15, -0.1) is 0 Å². The van der Waals surface area contributed by atoms with E-state index in [0.717, 1.165) is 33.2 Å². The molecule has 37 heavy (non-hydrogen) atoms. The fourth-order valence-corrected chi connectivity index (χ4v) is 5.68. The highest BCUT2D eigenvalue weighted by atomic mass is 19.1. The first kappa shape index (κ1) is 19.6. The normalized spacial score (nSPS) is 19.4. The summed E-state index contributed by atoms with van der Waals surface area (Å²) in [5, 5.41) is 1.57. The Labute approximate surface area is 224 Å². The van der Waals surface area contributed by atoms with Gasteiger partial charge in [-0.1, -0.05) is 58.9 Å². The van der Waals surface area contributed by atoms with Gasteiger partial charge in [0.1, 0.15) is 24.0 Å². The first-order valence-electron chi connectivity index (χ1n) is 14.8. The maximum atomic E-state index is 16.1. The monoisotopic (exact) mass is 496 g/mol. The zero-order valence-electron chi connectivity index (χ0n) is 26.5. The number of aryl methyl sites for hydroxylation is 2. The highest BCUT2D eigenvalue weighted by Crippen LogP contribution is 2.48. The van der Waals surface area contributed by atoms with E-state index in [1.807, 2.05) is 81.9 Å². The third-order valence-electron chi connectivity index (χ3n) is 7.44. The second-order valence-electron chi connectivity index (χ2n) is 11.8. The van der Waals surface area contributed by atoms with Gasteiger partial charge in [0.2, 0.25) is 5.69 Å². The largest absolute Gasteiger partial charge is 0.454 e. The molecule has 1 aliphatic rings. The van der Waals surface area contributed by atoms with E-state index >= 15 is 4.39 Å². The van der Waals surface area contributed by atoms with E-state index in [1.54, 1.807) is 26.0 Å². The van der Waals surface area contributed by atoms with Gasteiger partial charge in [-0.2, -0.15) is 0 Å². The third kappa shape index (κ3) is 3.70. The summed E-state index contributed by atoms with van der Waals surface area (Å²) in [6.07, 6.45) is -2.10. The van der Waals surface area contributed by atoms with Crippen molar-refractivity contribution in [2.45, 2.75) is 59.7 Å². The number of halogens is 1. The van der Waals surface area contributed by atoms with Crippen molar-refractivity contribution >= 4 is 21.9 Å². The van der Waals surface area contributed by atoms with Crippen LogP contribution in [0.25, 0.3) is 44.3 Å². The van der Waals surface area contributed by atoms with E-state index in [1.165, 1.54) is 6.07 Å². The number of hydrogen-bond acceptors (Lipinski definition) is 1. The number of hydrogen-bond donors (Lipinski definition) is 0. The summed E-state index contributed by atoms with van der Waals surface area (Å²) in [6, 6.07) is 16.7. The molecule has 188 valence electrons. The Hall–Kier alpha value is -3.46. The van der Waals surface area contributed by atoms with E-state index in [4.69, 9.17) is 4.42 Å². The summed E-state index contributed by atoms with van der Waals surface area (Å²) in [5.41, 5.74) is 3.74. The Balaban J connectivity index is 1.76. The Morgan fingerprint density at radius 2 is 1.57 bits per heavy atom. The minimum absolute atomic E-state index is 0.161. The van der Waals surface area contributed by atoms with Crippen molar-refractivity contribution in [2.24, 2.45) is 12.5 Å². The Morgan fingerprint density at radius 1 is 0.892 bits per heavy atom. The van der Waals surface area contributed by atoms with Crippen LogP contribution < -0.4 is 4.57 Å². The molecule has 2 heterocycles. The van der Waals surface area contributed by atoms with Crippen molar-refractivity contribution in [3.05, 3.63) is 88.9 Å². The maximum Gasteiger partial charge on any atom is 0.216 e. The fraction of sp³-hybridized carbons (Fsp3) is 0.324. The second-order valence-corrected chi connectivity index (χ2v) is 11.8. The number of aromatic nitrogens is 1. The lowest BCUT2D eigenvalue weighted by Gasteiger charge is -2.24. The van der Waals surface area contributed by atoms with Gasteiger partial charge >= 0.3 is 0 Å². The molecule has 0 unspecified atom stereocenters. The lowest BCUT2D eigenvalue weighted by Crippen LogP contribution is -2.30. The SMILES string of the molecule is [2H]C1([2H])c2c(-c3c(F)ccc4c3oc3c(-c5cccc[n+]5C)c(C)ccc34)ccc(C(C)(C)C)c2C([2H])([2H])C1(C)C. The minimum atomic E-state index is -2.08. The zero-order chi connectivity index (χ0) is 29.9. The Kier molecular flexibility index (Phi) is 4.25. The summed E-state index contributed by atoms with van der Waals surface area (Å²) in [6.45, 7) is 11.2. The third-order valence-corrected chi connectivity index (χ3v) is 7.44. The van der Waals surface area contributed by atoms with E-state index in [2.05, 4.69) is 0 Å². The van der Waals surface area contributed by atoms with Crippen molar-refractivity contribution in [3.63, 3.8) is 0 Å². The number of pyridine rings is 1. The van der Waals surface area contributed by atoms with Gasteiger partial charge in [0.15, 0.2) is 6.20 Å². The van der Waals surface area contributed by atoms with E-state index in [0.29, 0.717) is 22.3 Å². The minimum Gasteiger partial charge on any atom is -0.454 e. The van der Waals surface area contributed by atoms with Crippen LogP contribution in [0.1, 0.15) is 62.4 Å². The van der Waals surface area contributed by atoms with Crippen LogP contribution in [0.2, 0.25) is 0 Å². The lowest BCUT2D eigenvalue weighted by atomic mass is 9.80. The first-order chi connectivity index (χ1) is 19.0. The molecule has 0 saturated heterocycles. The van der Waals surface area contributed by atoms with Crippen molar-refractivity contribution in [1.82, 2.24) is 0 Å². The topological polar surface area (TPSA) is 17.0 Å². The number of rotatable bonds is 2. The van der Waals surface area contributed by atoms with Gasteiger partial charge in [0, 0.05) is 28.4 Å². The van der Waals surface area contributed by atoms with Crippen molar-refractivity contribution in [1.29, 1.82) is 0 Å². The highest BCUT2D eigenvalue weighted by molar-refractivity contribution is 6.13. The van der Waals surface area contributed by atoms with Gasteiger partial charge in [-0.25, -0.2) is 8.96 Å². The van der Waals surface area contributed by atoms with Gasteiger partial charge in [-0.05, 0) is 76.5 Å². The Bertz CT molecular complexity index is 1900. The molecule has 5 aromatic rings. The molecule has 2 nitrogen and oxygen atoms in total. The van der Waals surface area contributed by atoms with Gasteiger partial charge in [-0.3, -0.25) is 0 Å². The average Bonchev–Trinajstić information content (AvgIpc) is 3.30. The fourth-order valence-electron chi connectivity index (χ4n) is 5.68. The Morgan fingerprint density at radius 3 is 2.27 bits per heavy atom. The van der Waals surface area contributed by atoms with Crippen molar-refractivity contribution < 1.29 is 18.9 Å². The molecule has 0 spiro atoms. The van der Waals surface area contributed by atoms with Crippen LogP contribution in [0.15, 0.2) is 65.2 Å². The molecule has 0 N–H and O–H groups in total. The average molecular weight is 497 g/mol. The van der Waals surface area contributed by atoms with E-state index in [-0.39, 0.29) is 11.1 Å². The zero-order valence-corrected chi connectivity index (χ0v) is 22.5. The first-order valence-corrected chi connectivity index (χ1v) is 12.8. The van der Waals surface area contributed by atoms with Crippen LogP contribution in [0, 0.1) is 18.2 Å². The number of furan rings is 1. The summed E-state index contributed by atoms with van der Waals surface area (Å²) < 4.78 is 61.6. The molecule has 2 aromatic heterocycles. The molecule has 0 aliphatic heterocycles. The van der Waals surface area contributed by atoms with Crippen LogP contribution >= 0.6 is 0 Å². The molecular formula is C34H35FNO+. The molecule has 0 radical (unpaired) electrons. The standard InChI is InChI=1S/C34H35FNO/c1-20-11-12-22-23-14-16-27(35)30(32(23)37-31(22)29(20)28-10-8-9-17-36(28)7)21-13-15-26(33(2,3)4)25-19-34(5,6)18-24(21)25/h8-17H,18-19H2,1-7H3/q+1/i18D2,19D2. The smallest absolute Gasteiger partial charge is 0.216 e. The molecule has 3 aromatic carbocycles. The van der Waals surface area contributed by atoms with Crippen LogP contribution in [0.3, 0.4) is 0 Å². The highest BCUT2D eigenvalue weighted by Gasteiger charge is 2.35. The molecule has 1 aliphatic carbocycles. The number of fused-ring (bicyclic) bond motifs is 4. The van der Waals surface area contributed by atoms with Crippen molar-refractivity contribution in [3.8, 4) is 22.4 Å². The lowest BCUT2D eigenvalue weighted by molar-refractivity contribution is -0.660. The number of nitrogens with zero attached hydrogens (tertiary/aromatic N) is 1. The summed E-state index contributed by atoms with van der Waals surface area (Å²) in [4.78, 5) is 0. The molecular weight excluding hydrogens is 457 g/mol. The summed E-state index contributed by atoms with van der Waals surface area (Å²) >= 11 is 0. The summed E-state index contributed by atoms with van der Waals surface area (Å²) in [5.74, 6) is -0.535. The maximum absolute atomic E-state index is 16.1. The number of benzene rings is 3. The van der Waals surface area contributed by atoms with Crippen LogP contribution in [0.5, 0.6) is 0 Å². The van der Waals surface area contributed by atoms with Crippen LogP contribution in [-0.2, 0) is 25.2 Å². The molecule has 0 atom stereocenters. The predicted octanol–water partition coefficient (Wildman–Crippen LogP) is 8.61. The van der Waals surface area contributed by atoms with Crippen LogP contribution in [-0.4, -0.2) is 0 Å². The van der Waals surface area contributed by atoms with Crippen molar-refractivity contribution in [2.75, 3.05) is 0 Å². The quantitative estimate of drug-likeness (QED) is 0.224. The molecule has 0 fully saturated rings. The van der Waals surface area contributed by atoms with Crippen LogP contribution in [0.4, 0.5) is 4.39 Å². The molecule has 0 amide bonds. The van der Waals surface area contributed by atoms with Gasteiger partial charge in [0.05, 0.1) is 11.1 Å². The molecule has 0 bridgehead atoms.